The Hall–Kier alpha value is -1.46. The van der Waals surface area contributed by atoms with Crippen molar-refractivity contribution in [3.63, 3.8) is 0 Å². The van der Waals surface area contributed by atoms with Crippen LogP contribution in [0, 0.1) is 0 Å². The molecule has 1 fully saturated rings. The Balaban J connectivity index is 2.17. The Kier molecular flexibility index (Phi) is 2.57. The number of hydrogen-bond acceptors (Lipinski definition) is 4. The maximum atomic E-state index is 11.9. The number of nitrogens with zero attached hydrogens (tertiary/aromatic N) is 2. The fraction of sp³-hybridized carbons (Fsp3) is 0.364. The zero-order valence-corrected chi connectivity index (χ0v) is 9.79. The average Bonchev–Trinajstić information content (AvgIpc) is 2.83. The molecule has 2 aromatic rings. The molecule has 1 unspecified atom stereocenters. The van der Waals surface area contributed by atoms with Crippen LogP contribution < -0.4 is 10.9 Å². The van der Waals surface area contributed by atoms with Crippen LogP contribution >= 0.6 is 11.6 Å². The molecule has 1 saturated heterocycles. The molecule has 5 nitrogen and oxygen atoms in total. The predicted molar refractivity (Wildman–Crippen MR) is 65.4 cm³/mol. The van der Waals surface area contributed by atoms with Crippen molar-refractivity contribution in [1.29, 1.82) is 0 Å². The Bertz CT molecular complexity index is 618. The van der Waals surface area contributed by atoms with Gasteiger partial charge in [-0.3, -0.25) is 4.79 Å². The third-order valence-corrected chi connectivity index (χ3v) is 3.23. The van der Waals surface area contributed by atoms with Gasteiger partial charge in [-0.2, -0.15) is 0 Å². The number of H-pyrrole nitrogens is 1. The summed E-state index contributed by atoms with van der Waals surface area (Å²) in [5.74, 6) is 1.01. The summed E-state index contributed by atoms with van der Waals surface area (Å²) in [6, 6.07) is 1.54. The average molecular weight is 251 g/mol. The van der Waals surface area contributed by atoms with E-state index in [-0.39, 0.29) is 11.5 Å². The Labute approximate surface area is 102 Å². The molecule has 0 amide bonds. The molecule has 3 rings (SSSR count). The van der Waals surface area contributed by atoms with Crippen molar-refractivity contribution in [2.45, 2.75) is 12.3 Å². The molecule has 0 aliphatic carbocycles. The second-order valence-electron chi connectivity index (χ2n) is 4.17. The fourth-order valence-electron chi connectivity index (χ4n) is 2.12. The standard InChI is InChI=1S/C11H11ClN4O/c12-9-3-7-8(5-14-9)15-10(16-11(7)17)6-1-2-13-4-6/h3,5-6,13H,1-2,4H2,(H,15,16,17). The molecule has 1 atom stereocenters. The van der Waals surface area contributed by atoms with Gasteiger partial charge in [-0.1, -0.05) is 11.6 Å². The van der Waals surface area contributed by atoms with Crippen LogP contribution in [0.3, 0.4) is 0 Å². The predicted octanol–water partition coefficient (Wildman–Crippen LogP) is 1.05. The number of aromatic nitrogens is 3. The van der Waals surface area contributed by atoms with E-state index < -0.39 is 0 Å². The lowest BCUT2D eigenvalue weighted by Gasteiger charge is -2.08. The molecule has 17 heavy (non-hydrogen) atoms. The van der Waals surface area contributed by atoms with Crippen LogP contribution in [0.1, 0.15) is 18.2 Å². The minimum Gasteiger partial charge on any atom is -0.316 e. The quantitative estimate of drug-likeness (QED) is 0.742. The molecule has 6 heteroatoms. The minimum absolute atomic E-state index is 0.152. The van der Waals surface area contributed by atoms with Crippen LogP contribution in [0.15, 0.2) is 17.1 Å². The molecular weight excluding hydrogens is 240 g/mol. The lowest BCUT2D eigenvalue weighted by Crippen LogP contribution is -2.16. The molecule has 1 aliphatic rings. The van der Waals surface area contributed by atoms with E-state index in [1.807, 2.05) is 0 Å². The third kappa shape index (κ3) is 1.92. The van der Waals surface area contributed by atoms with Crippen molar-refractivity contribution in [1.82, 2.24) is 20.3 Å². The van der Waals surface area contributed by atoms with Gasteiger partial charge in [0, 0.05) is 12.5 Å². The number of fused-ring (bicyclic) bond motifs is 1. The SMILES string of the molecule is O=c1[nH]c(C2CCNC2)nc2cnc(Cl)cc12. The topological polar surface area (TPSA) is 70.7 Å². The van der Waals surface area contributed by atoms with Gasteiger partial charge in [0.15, 0.2) is 0 Å². The summed E-state index contributed by atoms with van der Waals surface area (Å²) >= 11 is 5.76. The van der Waals surface area contributed by atoms with Gasteiger partial charge in [0.2, 0.25) is 0 Å². The summed E-state index contributed by atoms with van der Waals surface area (Å²) < 4.78 is 0. The summed E-state index contributed by atoms with van der Waals surface area (Å²) in [5, 5.41) is 4.04. The van der Waals surface area contributed by atoms with E-state index in [1.54, 1.807) is 12.3 Å². The molecule has 2 N–H and O–H groups in total. The fourth-order valence-corrected chi connectivity index (χ4v) is 2.27. The smallest absolute Gasteiger partial charge is 0.258 e. The number of nitrogens with one attached hydrogen (secondary N) is 2. The minimum atomic E-state index is -0.152. The highest BCUT2D eigenvalue weighted by Crippen LogP contribution is 2.19. The van der Waals surface area contributed by atoms with E-state index in [0.717, 1.165) is 25.3 Å². The second kappa shape index (κ2) is 4.09. The second-order valence-corrected chi connectivity index (χ2v) is 4.55. The highest BCUT2D eigenvalue weighted by atomic mass is 35.5. The maximum absolute atomic E-state index is 11.9. The highest BCUT2D eigenvalue weighted by Gasteiger charge is 2.19. The first-order valence-corrected chi connectivity index (χ1v) is 5.88. The molecule has 2 aromatic heterocycles. The summed E-state index contributed by atoms with van der Waals surface area (Å²) in [5.41, 5.74) is 0.446. The van der Waals surface area contributed by atoms with E-state index in [4.69, 9.17) is 11.6 Å². The summed E-state index contributed by atoms with van der Waals surface area (Å²) in [6.45, 7) is 1.82. The zero-order valence-electron chi connectivity index (χ0n) is 9.03. The van der Waals surface area contributed by atoms with Gasteiger partial charge in [0.1, 0.15) is 11.0 Å². The van der Waals surface area contributed by atoms with Gasteiger partial charge in [-0.15, -0.1) is 0 Å². The van der Waals surface area contributed by atoms with Crippen LogP contribution in [0.2, 0.25) is 5.15 Å². The molecule has 88 valence electrons. The van der Waals surface area contributed by atoms with Crippen LogP contribution in [0.4, 0.5) is 0 Å². The maximum Gasteiger partial charge on any atom is 0.258 e. The van der Waals surface area contributed by atoms with Crippen molar-refractivity contribution < 1.29 is 0 Å². The van der Waals surface area contributed by atoms with E-state index in [2.05, 4.69) is 20.3 Å². The van der Waals surface area contributed by atoms with Crippen LogP contribution in [-0.4, -0.2) is 28.0 Å². The molecule has 1 aliphatic heterocycles. The number of aromatic amines is 1. The Morgan fingerprint density at radius 2 is 2.35 bits per heavy atom. The lowest BCUT2D eigenvalue weighted by atomic mass is 10.1. The molecular formula is C11H11ClN4O. The first-order valence-electron chi connectivity index (χ1n) is 5.50. The lowest BCUT2D eigenvalue weighted by molar-refractivity contribution is 0.703. The molecule has 0 radical (unpaired) electrons. The summed E-state index contributed by atoms with van der Waals surface area (Å²) in [7, 11) is 0. The van der Waals surface area contributed by atoms with Gasteiger partial charge in [-0.05, 0) is 19.0 Å². The van der Waals surface area contributed by atoms with E-state index >= 15 is 0 Å². The van der Waals surface area contributed by atoms with Crippen molar-refractivity contribution >= 4 is 22.5 Å². The Morgan fingerprint density at radius 1 is 1.47 bits per heavy atom. The zero-order chi connectivity index (χ0) is 11.8. The Morgan fingerprint density at radius 3 is 3.12 bits per heavy atom. The molecule has 3 heterocycles. The van der Waals surface area contributed by atoms with Crippen molar-refractivity contribution in [3.05, 3.63) is 33.6 Å². The van der Waals surface area contributed by atoms with Gasteiger partial charge in [0.25, 0.3) is 5.56 Å². The first kappa shape index (κ1) is 10.7. The van der Waals surface area contributed by atoms with Gasteiger partial charge < -0.3 is 10.3 Å². The highest BCUT2D eigenvalue weighted by molar-refractivity contribution is 6.30. The van der Waals surface area contributed by atoms with Crippen LogP contribution in [0.25, 0.3) is 10.9 Å². The largest absolute Gasteiger partial charge is 0.316 e. The summed E-state index contributed by atoms with van der Waals surface area (Å²) in [4.78, 5) is 23.1. The van der Waals surface area contributed by atoms with E-state index in [0.29, 0.717) is 16.1 Å². The van der Waals surface area contributed by atoms with Crippen molar-refractivity contribution in [2.75, 3.05) is 13.1 Å². The molecule has 0 spiro atoms. The van der Waals surface area contributed by atoms with Crippen LogP contribution in [-0.2, 0) is 0 Å². The van der Waals surface area contributed by atoms with E-state index in [1.165, 1.54) is 0 Å². The van der Waals surface area contributed by atoms with Crippen molar-refractivity contribution in [3.8, 4) is 0 Å². The molecule has 0 saturated carbocycles. The van der Waals surface area contributed by atoms with Gasteiger partial charge in [-0.25, -0.2) is 9.97 Å². The number of rotatable bonds is 1. The number of halogens is 1. The van der Waals surface area contributed by atoms with Crippen LogP contribution in [0.5, 0.6) is 0 Å². The van der Waals surface area contributed by atoms with Crippen molar-refractivity contribution in [2.24, 2.45) is 0 Å². The monoisotopic (exact) mass is 250 g/mol. The number of hydrogen-bond donors (Lipinski definition) is 2. The molecule has 0 aromatic carbocycles. The van der Waals surface area contributed by atoms with Gasteiger partial charge >= 0.3 is 0 Å². The molecule has 0 bridgehead atoms. The normalized spacial score (nSPS) is 19.9. The summed E-state index contributed by atoms with van der Waals surface area (Å²) in [6.07, 6.45) is 2.54. The van der Waals surface area contributed by atoms with Gasteiger partial charge in [0.05, 0.1) is 17.1 Å². The number of pyridine rings is 1. The third-order valence-electron chi connectivity index (χ3n) is 3.02. The first-order chi connectivity index (χ1) is 8.24. The van der Waals surface area contributed by atoms with E-state index in [9.17, 15) is 4.79 Å².